The van der Waals surface area contributed by atoms with Crippen molar-refractivity contribution in [3.63, 3.8) is 0 Å². The zero-order valence-electron chi connectivity index (χ0n) is 9.47. The molecule has 0 amide bonds. The molecule has 0 aliphatic heterocycles. The molecule has 0 saturated carbocycles. The number of nitrogens with zero attached hydrogens (tertiary/aromatic N) is 2. The Morgan fingerprint density at radius 3 is 2.56 bits per heavy atom. The van der Waals surface area contributed by atoms with E-state index in [0.717, 1.165) is 8.95 Å². The van der Waals surface area contributed by atoms with Crippen LogP contribution in [-0.4, -0.2) is 22.2 Å². The van der Waals surface area contributed by atoms with E-state index in [-0.39, 0.29) is 0 Å². The minimum atomic E-state index is -0.877. The average Bonchev–Trinajstić information content (AvgIpc) is 2.41. The molecule has 2 rings (SSSR count). The van der Waals surface area contributed by atoms with Gasteiger partial charge >= 0.3 is 0 Å². The zero-order valence-corrected chi connectivity index (χ0v) is 12.6. The molecular formula is C12H10Br2N2O2. The molecule has 6 heteroatoms. The van der Waals surface area contributed by atoms with Gasteiger partial charge in [-0.15, -0.1) is 0 Å². The zero-order chi connectivity index (χ0) is 13.1. The van der Waals surface area contributed by atoms with Gasteiger partial charge in [0.1, 0.15) is 11.8 Å². The maximum atomic E-state index is 10.3. The lowest BCUT2D eigenvalue weighted by Crippen LogP contribution is -2.06. The number of rotatable bonds is 3. The van der Waals surface area contributed by atoms with Crippen molar-refractivity contribution in [2.45, 2.75) is 6.10 Å². The molecule has 0 bridgehead atoms. The van der Waals surface area contributed by atoms with Crippen molar-refractivity contribution in [3.05, 3.63) is 50.8 Å². The topological polar surface area (TPSA) is 55.2 Å². The quantitative estimate of drug-likeness (QED) is 0.898. The lowest BCUT2D eigenvalue weighted by atomic mass is 10.1. The average molecular weight is 374 g/mol. The second-order valence-electron chi connectivity index (χ2n) is 3.53. The van der Waals surface area contributed by atoms with Gasteiger partial charge < -0.3 is 9.84 Å². The molecule has 1 aromatic carbocycles. The number of hydrogen-bond acceptors (Lipinski definition) is 4. The summed E-state index contributed by atoms with van der Waals surface area (Å²) in [7, 11) is 1.50. The van der Waals surface area contributed by atoms with E-state index in [1.54, 1.807) is 0 Å². The molecule has 0 spiro atoms. The fourth-order valence-corrected chi connectivity index (χ4v) is 2.16. The van der Waals surface area contributed by atoms with Crippen LogP contribution in [0.1, 0.15) is 17.4 Å². The Morgan fingerprint density at radius 1 is 1.17 bits per heavy atom. The van der Waals surface area contributed by atoms with Crippen LogP contribution in [-0.2, 0) is 0 Å². The van der Waals surface area contributed by atoms with E-state index in [1.165, 1.54) is 19.5 Å². The highest BCUT2D eigenvalue weighted by atomic mass is 79.9. The first-order valence-electron chi connectivity index (χ1n) is 5.11. The van der Waals surface area contributed by atoms with Crippen molar-refractivity contribution in [1.82, 2.24) is 9.97 Å². The summed E-state index contributed by atoms with van der Waals surface area (Å²) in [4.78, 5) is 8.13. The summed E-state index contributed by atoms with van der Waals surface area (Å²) in [6.07, 6.45) is 2.17. The molecule has 94 valence electrons. The predicted molar refractivity (Wildman–Crippen MR) is 74.5 cm³/mol. The molecule has 0 fully saturated rings. The highest BCUT2D eigenvalue weighted by molar-refractivity contribution is 9.13. The van der Waals surface area contributed by atoms with E-state index < -0.39 is 6.10 Å². The fraction of sp³-hybridized carbons (Fsp3) is 0.167. The molecule has 1 atom stereocenters. The number of ether oxygens (including phenoxy) is 1. The van der Waals surface area contributed by atoms with Gasteiger partial charge in [0.15, 0.2) is 0 Å². The maximum Gasteiger partial charge on any atom is 0.238 e. The third-order valence-corrected chi connectivity index (χ3v) is 4.28. The van der Waals surface area contributed by atoms with Crippen molar-refractivity contribution < 1.29 is 9.84 Å². The highest BCUT2D eigenvalue weighted by Gasteiger charge is 2.18. The largest absolute Gasteiger partial charge is 0.480 e. The second-order valence-corrected chi connectivity index (χ2v) is 5.24. The normalized spacial score (nSPS) is 12.2. The lowest BCUT2D eigenvalue weighted by molar-refractivity contribution is 0.207. The second kappa shape index (κ2) is 5.77. The molecular weight excluding hydrogens is 364 g/mol. The number of methoxy groups -OCH3 is 1. The smallest absolute Gasteiger partial charge is 0.238 e. The Hall–Kier alpha value is -0.980. The molecule has 4 nitrogen and oxygen atoms in total. The summed E-state index contributed by atoms with van der Waals surface area (Å²) in [5, 5.41) is 10.3. The summed E-state index contributed by atoms with van der Waals surface area (Å²) in [5.41, 5.74) is 1.11. The van der Waals surface area contributed by atoms with Crippen LogP contribution < -0.4 is 4.74 Å². The Morgan fingerprint density at radius 2 is 1.89 bits per heavy atom. The summed E-state index contributed by atoms with van der Waals surface area (Å²) < 4.78 is 6.87. The van der Waals surface area contributed by atoms with E-state index in [2.05, 4.69) is 41.8 Å². The van der Waals surface area contributed by atoms with Crippen molar-refractivity contribution >= 4 is 31.9 Å². The van der Waals surface area contributed by atoms with E-state index in [1.807, 2.05) is 18.2 Å². The van der Waals surface area contributed by atoms with Crippen LogP contribution in [0.2, 0.25) is 0 Å². The first-order chi connectivity index (χ1) is 8.63. The van der Waals surface area contributed by atoms with Crippen LogP contribution in [0.3, 0.4) is 0 Å². The van der Waals surface area contributed by atoms with E-state index in [4.69, 9.17) is 4.74 Å². The van der Waals surface area contributed by atoms with Gasteiger partial charge in [-0.2, -0.15) is 0 Å². The Kier molecular flexibility index (Phi) is 4.31. The van der Waals surface area contributed by atoms with Gasteiger partial charge in [0, 0.05) is 21.3 Å². The van der Waals surface area contributed by atoms with Gasteiger partial charge in [0.25, 0.3) is 0 Å². The summed E-state index contributed by atoms with van der Waals surface area (Å²) in [6.45, 7) is 0. The van der Waals surface area contributed by atoms with Gasteiger partial charge in [-0.3, -0.25) is 4.98 Å². The summed E-state index contributed by atoms with van der Waals surface area (Å²) >= 11 is 6.78. The standard InChI is InChI=1S/C12H10Br2N2O2/c1-18-12-10(15-4-5-16-12)11(17)7-2-3-8(13)9(14)6-7/h2-6,11,17H,1H3. The SMILES string of the molecule is COc1nccnc1C(O)c1ccc(Br)c(Br)c1. The minimum absolute atomic E-state index is 0.323. The Bertz CT molecular complexity index is 564. The van der Waals surface area contributed by atoms with Crippen LogP contribution in [0.5, 0.6) is 5.88 Å². The molecule has 18 heavy (non-hydrogen) atoms. The van der Waals surface area contributed by atoms with Crippen molar-refractivity contribution in [3.8, 4) is 5.88 Å². The first kappa shape index (κ1) is 13.5. The Labute approximate surface area is 121 Å². The molecule has 2 aromatic rings. The number of hydrogen-bond donors (Lipinski definition) is 1. The van der Waals surface area contributed by atoms with Crippen LogP contribution in [0, 0.1) is 0 Å². The van der Waals surface area contributed by atoms with Crippen LogP contribution in [0.15, 0.2) is 39.5 Å². The Balaban J connectivity index is 2.41. The van der Waals surface area contributed by atoms with Crippen LogP contribution in [0.25, 0.3) is 0 Å². The fourth-order valence-electron chi connectivity index (χ4n) is 1.52. The molecule has 0 aliphatic carbocycles. The third kappa shape index (κ3) is 2.71. The van der Waals surface area contributed by atoms with Crippen molar-refractivity contribution in [1.29, 1.82) is 0 Å². The third-order valence-electron chi connectivity index (χ3n) is 2.40. The minimum Gasteiger partial charge on any atom is -0.480 e. The number of aliphatic hydroxyl groups excluding tert-OH is 1. The number of aromatic nitrogens is 2. The van der Waals surface area contributed by atoms with Gasteiger partial charge in [-0.1, -0.05) is 6.07 Å². The van der Waals surface area contributed by atoms with E-state index in [0.29, 0.717) is 17.1 Å². The molecule has 1 heterocycles. The van der Waals surface area contributed by atoms with Crippen LogP contribution >= 0.6 is 31.9 Å². The summed E-state index contributed by atoms with van der Waals surface area (Å²) in [6, 6.07) is 5.49. The molecule has 0 radical (unpaired) electrons. The monoisotopic (exact) mass is 372 g/mol. The van der Waals surface area contributed by atoms with Gasteiger partial charge in [-0.05, 0) is 49.6 Å². The van der Waals surface area contributed by atoms with Gasteiger partial charge in [-0.25, -0.2) is 4.98 Å². The van der Waals surface area contributed by atoms with Gasteiger partial charge in [0.2, 0.25) is 5.88 Å². The van der Waals surface area contributed by atoms with E-state index >= 15 is 0 Å². The van der Waals surface area contributed by atoms with Crippen LogP contribution in [0.4, 0.5) is 0 Å². The molecule has 1 aromatic heterocycles. The lowest BCUT2D eigenvalue weighted by Gasteiger charge is -2.13. The molecule has 0 aliphatic rings. The number of halogens is 2. The van der Waals surface area contributed by atoms with Crippen molar-refractivity contribution in [2.24, 2.45) is 0 Å². The maximum absolute atomic E-state index is 10.3. The first-order valence-corrected chi connectivity index (χ1v) is 6.70. The number of aliphatic hydroxyl groups is 1. The predicted octanol–water partition coefficient (Wildman–Crippen LogP) is 3.09. The molecule has 0 saturated heterocycles. The van der Waals surface area contributed by atoms with Crippen molar-refractivity contribution in [2.75, 3.05) is 7.11 Å². The highest BCUT2D eigenvalue weighted by Crippen LogP contribution is 2.30. The van der Waals surface area contributed by atoms with Gasteiger partial charge in [0.05, 0.1) is 7.11 Å². The van der Waals surface area contributed by atoms with E-state index in [9.17, 15) is 5.11 Å². The number of benzene rings is 1. The molecule has 1 N–H and O–H groups in total. The summed E-state index contributed by atoms with van der Waals surface area (Å²) in [5.74, 6) is 0.323. The molecule has 1 unspecified atom stereocenters.